The Labute approximate surface area is 72.0 Å². The van der Waals surface area contributed by atoms with Gasteiger partial charge in [0.25, 0.3) is 0 Å². The van der Waals surface area contributed by atoms with Gasteiger partial charge >= 0.3 is 0 Å². The van der Waals surface area contributed by atoms with Crippen LogP contribution in [-0.2, 0) is 0 Å². The highest BCUT2D eigenvalue weighted by atomic mass is 16.4. The van der Waals surface area contributed by atoms with E-state index in [0.29, 0.717) is 24.5 Å². The topological polar surface area (TPSA) is 61.8 Å². The first kappa shape index (κ1) is 7.86. The number of amidine groups is 1. The Bertz CT molecular complexity index is 184. The zero-order valence-electron chi connectivity index (χ0n) is 7.11. The van der Waals surface area contributed by atoms with Crippen LogP contribution < -0.4 is 5.73 Å². The molecule has 0 aromatic heterocycles. The quantitative estimate of drug-likeness (QED) is 0.271. The van der Waals surface area contributed by atoms with E-state index < -0.39 is 0 Å². The fraction of sp³-hybridized carbons (Fsp3) is 0.875. The molecule has 12 heavy (non-hydrogen) atoms. The minimum absolute atomic E-state index is 0.341. The molecule has 0 aromatic carbocycles. The molecule has 0 radical (unpaired) electrons. The van der Waals surface area contributed by atoms with Crippen molar-refractivity contribution in [1.82, 2.24) is 4.90 Å². The van der Waals surface area contributed by atoms with Crippen molar-refractivity contribution >= 4 is 5.84 Å². The van der Waals surface area contributed by atoms with Crippen molar-refractivity contribution in [3.8, 4) is 0 Å². The second-order valence-electron chi connectivity index (χ2n) is 3.73. The van der Waals surface area contributed by atoms with E-state index in [1.807, 2.05) is 0 Å². The molecule has 0 aliphatic carbocycles. The van der Waals surface area contributed by atoms with Gasteiger partial charge in [0.2, 0.25) is 0 Å². The van der Waals surface area contributed by atoms with E-state index in [1.54, 1.807) is 0 Å². The molecule has 2 bridgehead atoms. The van der Waals surface area contributed by atoms with E-state index in [4.69, 9.17) is 10.9 Å². The third-order valence-electron chi connectivity index (χ3n) is 3.08. The summed E-state index contributed by atoms with van der Waals surface area (Å²) in [6, 6.07) is 1.41. The van der Waals surface area contributed by atoms with Crippen LogP contribution in [0.3, 0.4) is 0 Å². The molecule has 4 nitrogen and oxygen atoms in total. The van der Waals surface area contributed by atoms with E-state index in [2.05, 4.69) is 10.1 Å². The highest BCUT2D eigenvalue weighted by molar-refractivity contribution is 5.81. The van der Waals surface area contributed by atoms with Crippen molar-refractivity contribution in [2.24, 2.45) is 10.9 Å². The maximum atomic E-state index is 8.42. The molecule has 68 valence electrons. The number of hydrogen-bond acceptors (Lipinski definition) is 3. The SMILES string of the molecule is N/C(CN1C2CCC1CC2)=N\O. The van der Waals surface area contributed by atoms with Crippen LogP contribution in [0.2, 0.25) is 0 Å². The standard InChI is InChI=1S/C8H15N3O/c9-8(10-12)5-11-6-1-2-7(11)4-3-6/h6-7,12H,1-5H2,(H2,9,10). The zero-order valence-corrected chi connectivity index (χ0v) is 7.11. The average Bonchev–Trinajstić information content (AvgIpc) is 2.65. The molecule has 2 saturated heterocycles. The molecule has 2 heterocycles. The van der Waals surface area contributed by atoms with E-state index in [0.717, 1.165) is 0 Å². The first-order chi connectivity index (χ1) is 5.81. The minimum Gasteiger partial charge on any atom is -0.409 e. The Hall–Kier alpha value is -0.770. The summed E-state index contributed by atoms with van der Waals surface area (Å²) < 4.78 is 0. The molecule has 4 heteroatoms. The number of hydrogen-bond donors (Lipinski definition) is 2. The van der Waals surface area contributed by atoms with Crippen LogP contribution in [0.1, 0.15) is 25.7 Å². The number of rotatable bonds is 2. The molecule has 3 N–H and O–H groups in total. The fourth-order valence-electron chi connectivity index (χ4n) is 2.50. The van der Waals surface area contributed by atoms with Crippen molar-refractivity contribution in [1.29, 1.82) is 0 Å². The van der Waals surface area contributed by atoms with Crippen LogP contribution in [0.4, 0.5) is 0 Å². The molecule has 0 amide bonds. The Morgan fingerprint density at radius 1 is 1.33 bits per heavy atom. The molecule has 0 saturated carbocycles. The minimum atomic E-state index is 0.341. The summed E-state index contributed by atoms with van der Waals surface area (Å²) in [7, 11) is 0. The lowest BCUT2D eigenvalue weighted by molar-refractivity contribution is 0.276. The van der Waals surface area contributed by atoms with Crippen molar-refractivity contribution in [3.05, 3.63) is 0 Å². The highest BCUT2D eigenvalue weighted by Crippen LogP contribution is 2.36. The summed E-state index contributed by atoms with van der Waals surface area (Å²) in [5.74, 6) is 0.341. The van der Waals surface area contributed by atoms with Gasteiger partial charge in [0.05, 0.1) is 6.54 Å². The van der Waals surface area contributed by atoms with Crippen LogP contribution >= 0.6 is 0 Å². The molecule has 2 aliphatic heterocycles. The molecule has 0 aromatic rings. The van der Waals surface area contributed by atoms with E-state index in [1.165, 1.54) is 25.7 Å². The first-order valence-electron chi connectivity index (χ1n) is 4.53. The van der Waals surface area contributed by atoms with E-state index >= 15 is 0 Å². The predicted octanol–water partition coefficient (Wildman–Crippen LogP) is 0.360. The summed E-state index contributed by atoms with van der Waals surface area (Å²) in [4.78, 5) is 2.37. The Morgan fingerprint density at radius 3 is 2.25 bits per heavy atom. The van der Waals surface area contributed by atoms with Gasteiger partial charge in [-0.15, -0.1) is 0 Å². The van der Waals surface area contributed by atoms with E-state index in [9.17, 15) is 0 Å². The Balaban J connectivity index is 1.97. The fourth-order valence-corrected chi connectivity index (χ4v) is 2.50. The summed E-state index contributed by atoms with van der Waals surface area (Å²) in [6.45, 7) is 0.645. The van der Waals surface area contributed by atoms with Crippen molar-refractivity contribution in [2.75, 3.05) is 6.54 Å². The van der Waals surface area contributed by atoms with Crippen molar-refractivity contribution in [2.45, 2.75) is 37.8 Å². The van der Waals surface area contributed by atoms with Crippen molar-refractivity contribution in [3.63, 3.8) is 0 Å². The lowest BCUT2D eigenvalue weighted by Gasteiger charge is -2.19. The van der Waals surface area contributed by atoms with Gasteiger partial charge in [0.1, 0.15) is 0 Å². The second-order valence-corrected chi connectivity index (χ2v) is 3.73. The first-order valence-corrected chi connectivity index (χ1v) is 4.53. The van der Waals surface area contributed by atoms with E-state index in [-0.39, 0.29) is 0 Å². The lowest BCUT2D eigenvalue weighted by atomic mass is 10.0. The van der Waals surface area contributed by atoms with Crippen LogP contribution in [0.15, 0.2) is 5.16 Å². The van der Waals surface area contributed by atoms with Crippen molar-refractivity contribution < 1.29 is 5.21 Å². The third-order valence-corrected chi connectivity index (χ3v) is 3.08. The van der Waals surface area contributed by atoms with Gasteiger partial charge in [-0.1, -0.05) is 5.16 Å². The highest BCUT2D eigenvalue weighted by Gasteiger charge is 2.39. The van der Waals surface area contributed by atoms with Gasteiger partial charge in [-0.2, -0.15) is 0 Å². The predicted molar refractivity (Wildman–Crippen MR) is 46.2 cm³/mol. The maximum absolute atomic E-state index is 8.42. The number of nitrogens with zero attached hydrogens (tertiary/aromatic N) is 2. The average molecular weight is 169 g/mol. The number of oxime groups is 1. The number of fused-ring (bicyclic) bond motifs is 2. The molecular weight excluding hydrogens is 154 g/mol. The second kappa shape index (κ2) is 2.94. The third kappa shape index (κ3) is 1.16. The summed E-state index contributed by atoms with van der Waals surface area (Å²) in [5, 5.41) is 11.4. The molecule has 0 spiro atoms. The van der Waals surface area contributed by atoms with Gasteiger partial charge < -0.3 is 10.9 Å². The maximum Gasteiger partial charge on any atom is 0.153 e. The summed E-state index contributed by atoms with van der Waals surface area (Å²) >= 11 is 0. The largest absolute Gasteiger partial charge is 0.409 e. The lowest BCUT2D eigenvalue weighted by Crippen LogP contribution is -2.37. The molecule has 2 fully saturated rings. The molecular formula is C8H15N3O. The molecule has 2 aliphatic rings. The van der Waals surface area contributed by atoms with Crippen LogP contribution in [-0.4, -0.2) is 34.6 Å². The van der Waals surface area contributed by atoms with Crippen LogP contribution in [0.5, 0.6) is 0 Å². The zero-order chi connectivity index (χ0) is 8.55. The smallest absolute Gasteiger partial charge is 0.153 e. The van der Waals surface area contributed by atoms with Gasteiger partial charge in [-0.05, 0) is 25.7 Å². The molecule has 0 unspecified atom stereocenters. The van der Waals surface area contributed by atoms with Crippen LogP contribution in [0, 0.1) is 0 Å². The van der Waals surface area contributed by atoms with Gasteiger partial charge in [-0.25, -0.2) is 0 Å². The molecule has 2 rings (SSSR count). The van der Waals surface area contributed by atoms with Crippen LogP contribution in [0.25, 0.3) is 0 Å². The Kier molecular flexibility index (Phi) is 1.92. The Morgan fingerprint density at radius 2 is 1.83 bits per heavy atom. The molecule has 0 atom stereocenters. The van der Waals surface area contributed by atoms with Gasteiger partial charge in [0, 0.05) is 12.1 Å². The normalized spacial score (nSPS) is 36.2. The monoisotopic (exact) mass is 169 g/mol. The van der Waals surface area contributed by atoms with Gasteiger partial charge in [0.15, 0.2) is 5.84 Å². The number of nitrogens with two attached hydrogens (primary N) is 1. The van der Waals surface area contributed by atoms with Gasteiger partial charge in [-0.3, -0.25) is 4.90 Å². The summed E-state index contributed by atoms with van der Waals surface area (Å²) in [6.07, 6.45) is 5.18. The summed E-state index contributed by atoms with van der Waals surface area (Å²) in [5.41, 5.74) is 5.46.